The molecule has 172 valence electrons. The van der Waals surface area contributed by atoms with Crippen LogP contribution in [0.2, 0.25) is 0 Å². The number of anilines is 1. The third-order valence-corrected chi connectivity index (χ3v) is 7.39. The van der Waals surface area contributed by atoms with Crippen molar-refractivity contribution in [2.45, 2.75) is 19.3 Å². The Morgan fingerprint density at radius 3 is 2.45 bits per heavy atom. The molecule has 1 atom stereocenters. The topological polar surface area (TPSA) is 56.8 Å². The van der Waals surface area contributed by atoms with Gasteiger partial charge in [-0.25, -0.2) is 9.37 Å². The Hall–Kier alpha value is -3.22. The van der Waals surface area contributed by atoms with Crippen molar-refractivity contribution in [3.8, 4) is 0 Å². The second kappa shape index (κ2) is 8.96. The maximum absolute atomic E-state index is 13.3. The average Bonchev–Trinajstić information content (AvgIpc) is 3.56. The number of carbonyl (C=O) groups excluding carboxylic acids is 2. The molecule has 0 N–H and O–H groups in total. The van der Waals surface area contributed by atoms with Crippen LogP contribution in [-0.4, -0.2) is 65.9 Å². The third-order valence-electron chi connectivity index (χ3n) is 7.39. The van der Waals surface area contributed by atoms with Crippen molar-refractivity contribution in [2.75, 3.05) is 44.2 Å². The van der Waals surface area contributed by atoms with Gasteiger partial charge in [-0.1, -0.05) is 18.2 Å². The molecule has 1 aromatic heterocycles. The molecule has 1 spiro atoms. The van der Waals surface area contributed by atoms with E-state index in [9.17, 15) is 14.0 Å². The van der Waals surface area contributed by atoms with Gasteiger partial charge in [0, 0.05) is 57.5 Å². The highest BCUT2D eigenvalue weighted by Gasteiger charge is 2.59. The van der Waals surface area contributed by atoms with Gasteiger partial charge in [0.1, 0.15) is 11.6 Å². The predicted molar refractivity (Wildman–Crippen MR) is 125 cm³/mol. The molecule has 0 radical (unpaired) electrons. The molecule has 1 unspecified atom stereocenters. The zero-order valence-corrected chi connectivity index (χ0v) is 18.7. The lowest BCUT2D eigenvalue weighted by Gasteiger charge is -2.37. The van der Waals surface area contributed by atoms with Crippen LogP contribution in [-0.2, 0) is 9.59 Å². The van der Waals surface area contributed by atoms with Crippen LogP contribution < -0.4 is 4.90 Å². The lowest BCUT2D eigenvalue weighted by molar-refractivity contribution is -0.134. The highest BCUT2D eigenvalue weighted by Crippen LogP contribution is 2.60. The number of amides is 2. The molecule has 3 aliphatic rings. The standard InChI is InChI=1S/C26H29FN4O2/c27-21-5-3-4-20(18-21)7-8-24(32)30-12-9-26(10-13-30)19-22(26)25(33)31-16-14-29(15-17-31)23-6-1-2-11-28-23/h1-8,11,18,22H,9-10,12-17,19H2/b8-7+. The van der Waals surface area contributed by atoms with E-state index in [-0.39, 0.29) is 29.0 Å². The molecular weight excluding hydrogens is 419 g/mol. The van der Waals surface area contributed by atoms with Crippen LogP contribution in [0, 0.1) is 17.2 Å². The fourth-order valence-electron chi connectivity index (χ4n) is 5.22. The highest BCUT2D eigenvalue weighted by atomic mass is 19.1. The SMILES string of the molecule is O=C(/C=C/c1cccc(F)c1)N1CCC2(CC1)CC2C(=O)N1CCN(c2ccccn2)CC1. The van der Waals surface area contributed by atoms with Crippen LogP contribution in [0.25, 0.3) is 6.08 Å². The lowest BCUT2D eigenvalue weighted by Crippen LogP contribution is -2.50. The summed E-state index contributed by atoms with van der Waals surface area (Å²) in [5.41, 5.74) is 0.742. The van der Waals surface area contributed by atoms with Gasteiger partial charge < -0.3 is 14.7 Å². The van der Waals surface area contributed by atoms with Gasteiger partial charge in [0.15, 0.2) is 0 Å². The molecule has 2 aliphatic heterocycles. The fourth-order valence-corrected chi connectivity index (χ4v) is 5.22. The van der Waals surface area contributed by atoms with Crippen molar-refractivity contribution in [1.82, 2.24) is 14.8 Å². The van der Waals surface area contributed by atoms with E-state index < -0.39 is 0 Å². The maximum Gasteiger partial charge on any atom is 0.246 e. The van der Waals surface area contributed by atoms with E-state index in [0.29, 0.717) is 18.7 Å². The van der Waals surface area contributed by atoms with E-state index in [4.69, 9.17) is 0 Å². The average molecular weight is 449 g/mol. The Morgan fingerprint density at radius 2 is 1.76 bits per heavy atom. The molecule has 33 heavy (non-hydrogen) atoms. The Labute approximate surface area is 193 Å². The van der Waals surface area contributed by atoms with Crippen LogP contribution in [0.15, 0.2) is 54.7 Å². The van der Waals surface area contributed by atoms with Crippen LogP contribution in [0.4, 0.5) is 10.2 Å². The van der Waals surface area contributed by atoms with Gasteiger partial charge in [-0.2, -0.15) is 0 Å². The summed E-state index contributed by atoms with van der Waals surface area (Å²) in [6, 6.07) is 12.1. The number of hydrogen-bond donors (Lipinski definition) is 0. The quantitative estimate of drug-likeness (QED) is 0.674. The van der Waals surface area contributed by atoms with Gasteiger partial charge in [0.05, 0.1) is 0 Å². The van der Waals surface area contributed by atoms with E-state index in [1.54, 1.807) is 24.4 Å². The van der Waals surface area contributed by atoms with E-state index in [2.05, 4.69) is 9.88 Å². The summed E-state index contributed by atoms with van der Waals surface area (Å²) < 4.78 is 13.3. The minimum atomic E-state index is -0.313. The molecule has 2 amide bonds. The van der Waals surface area contributed by atoms with E-state index in [0.717, 1.165) is 51.3 Å². The van der Waals surface area contributed by atoms with Gasteiger partial charge >= 0.3 is 0 Å². The van der Waals surface area contributed by atoms with Crippen molar-refractivity contribution in [3.05, 3.63) is 66.1 Å². The second-order valence-electron chi connectivity index (χ2n) is 9.33. The van der Waals surface area contributed by atoms with Crippen LogP contribution >= 0.6 is 0 Å². The van der Waals surface area contributed by atoms with Gasteiger partial charge in [0.25, 0.3) is 0 Å². The minimum Gasteiger partial charge on any atom is -0.353 e. The van der Waals surface area contributed by atoms with Gasteiger partial charge in [-0.05, 0) is 60.6 Å². The molecular formula is C26H29FN4O2. The number of rotatable bonds is 4. The first-order valence-electron chi connectivity index (χ1n) is 11.7. The Bertz CT molecular complexity index is 1040. The number of pyridine rings is 1. The summed E-state index contributed by atoms with van der Waals surface area (Å²) in [5.74, 6) is 0.979. The maximum atomic E-state index is 13.3. The largest absolute Gasteiger partial charge is 0.353 e. The number of piperazine rings is 1. The first-order valence-corrected chi connectivity index (χ1v) is 11.7. The predicted octanol–water partition coefficient (Wildman–Crippen LogP) is 3.21. The van der Waals surface area contributed by atoms with Gasteiger partial charge in [-0.15, -0.1) is 0 Å². The van der Waals surface area contributed by atoms with Crippen molar-refractivity contribution >= 4 is 23.7 Å². The highest BCUT2D eigenvalue weighted by molar-refractivity contribution is 5.92. The third kappa shape index (κ3) is 4.63. The number of likely N-dealkylation sites (tertiary alicyclic amines) is 1. The van der Waals surface area contributed by atoms with Crippen LogP contribution in [0.1, 0.15) is 24.8 Å². The first-order chi connectivity index (χ1) is 16.0. The number of halogens is 1. The molecule has 6 nitrogen and oxygen atoms in total. The van der Waals surface area contributed by atoms with Gasteiger partial charge in [0.2, 0.25) is 11.8 Å². The summed E-state index contributed by atoms with van der Waals surface area (Å²) in [7, 11) is 0. The zero-order valence-electron chi connectivity index (χ0n) is 18.7. The molecule has 1 aliphatic carbocycles. The van der Waals surface area contributed by atoms with Crippen LogP contribution in [0.5, 0.6) is 0 Å². The zero-order chi connectivity index (χ0) is 22.8. The van der Waals surface area contributed by atoms with Crippen molar-refractivity contribution in [1.29, 1.82) is 0 Å². The van der Waals surface area contributed by atoms with Crippen LogP contribution in [0.3, 0.4) is 0 Å². The minimum absolute atomic E-state index is 0.0525. The molecule has 7 heteroatoms. The normalized spacial score (nSPS) is 22.1. The Balaban J connectivity index is 1.10. The van der Waals surface area contributed by atoms with E-state index in [1.165, 1.54) is 18.2 Å². The van der Waals surface area contributed by atoms with E-state index in [1.807, 2.05) is 28.0 Å². The summed E-state index contributed by atoms with van der Waals surface area (Å²) in [5, 5.41) is 0. The Kier molecular flexibility index (Phi) is 5.87. The van der Waals surface area contributed by atoms with Gasteiger partial charge in [-0.3, -0.25) is 9.59 Å². The number of nitrogens with zero attached hydrogens (tertiary/aromatic N) is 4. The molecule has 0 bridgehead atoms. The molecule has 1 aromatic carbocycles. The number of carbonyl (C=O) groups is 2. The van der Waals surface area contributed by atoms with Crippen molar-refractivity contribution in [3.63, 3.8) is 0 Å². The molecule has 3 fully saturated rings. The van der Waals surface area contributed by atoms with E-state index >= 15 is 0 Å². The number of piperidine rings is 1. The summed E-state index contributed by atoms with van der Waals surface area (Å²) in [6.45, 7) is 4.42. The molecule has 3 heterocycles. The molecule has 5 rings (SSSR count). The van der Waals surface area contributed by atoms with Crippen molar-refractivity contribution < 1.29 is 14.0 Å². The Morgan fingerprint density at radius 1 is 0.970 bits per heavy atom. The molecule has 2 saturated heterocycles. The first kappa shape index (κ1) is 21.6. The van der Waals surface area contributed by atoms with Crippen molar-refractivity contribution in [2.24, 2.45) is 11.3 Å². The summed E-state index contributed by atoms with van der Waals surface area (Å²) in [6.07, 6.45) is 7.66. The summed E-state index contributed by atoms with van der Waals surface area (Å²) >= 11 is 0. The molecule has 1 saturated carbocycles. The fraction of sp³-hybridized carbons (Fsp3) is 0.423. The second-order valence-corrected chi connectivity index (χ2v) is 9.33. The number of hydrogen-bond acceptors (Lipinski definition) is 4. The summed E-state index contributed by atoms with van der Waals surface area (Å²) in [4.78, 5) is 36.2. The monoisotopic (exact) mass is 448 g/mol. The lowest BCUT2D eigenvalue weighted by atomic mass is 9.90. The number of aromatic nitrogens is 1. The molecule has 2 aromatic rings. The number of benzene rings is 1. The smallest absolute Gasteiger partial charge is 0.246 e.